The quantitative estimate of drug-likeness (QED) is 0.131. The second-order valence-electron chi connectivity index (χ2n) is 9.62. The first-order valence-corrected chi connectivity index (χ1v) is 13.7. The van der Waals surface area contributed by atoms with Crippen LogP contribution in [-0.4, -0.2) is 65.6 Å². The number of ketones is 1. The van der Waals surface area contributed by atoms with Crippen LogP contribution in [0.4, 0.5) is 0 Å². The molecule has 1 aliphatic rings. The lowest BCUT2D eigenvalue weighted by Gasteiger charge is -2.29. The molecule has 0 unspecified atom stereocenters. The molecule has 4 amide bonds. The van der Waals surface area contributed by atoms with Crippen LogP contribution in [0.15, 0.2) is 60.7 Å². The van der Waals surface area contributed by atoms with Crippen LogP contribution in [0, 0.1) is 0 Å². The van der Waals surface area contributed by atoms with Crippen molar-refractivity contribution in [3.05, 3.63) is 71.8 Å². The molecule has 3 rings (SSSR count). The Morgan fingerprint density at radius 2 is 1.50 bits per heavy atom. The number of carbonyl (C=O) groups is 5. The number of Topliss-reactive ketones (excluding diaryl/α,β-unsaturated/α-hetero) is 1. The number of hydrogen-bond donors (Lipinski definition) is 5. The maximum atomic E-state index is 12.9. The molecule has 11 heteroatoms. The van der Waals surface area contributed by atoms with Crippen LogP contribution in [0.5, 0.6) is 0 Å². The van der Waals surface area contributed by atoms with Crippen LogP contribution in [-0.2, 0) is 25.6 Å². The number of nitrogens with one attached hydrogen (secondary N) is 5. The molecule has 0 aromatic heterocycles. The predicted octanol–water partition coefficient (Wildman–Crippen LogP) is 1.19. The molecule has 0 spiro atoms. The summed E-state index contributed by atoms with van der Waals surface area (Å²) in [6.07, 6.45) is 1.63. The standard InChI is InChI=1S/C29H35N5O5S/c1-19(40)30-15-9-8-14-22(27(37)31-18-25(35)21-12-6-3-7-13-21)32-26(36)17-24-29(39)33-23(28(38)34-24)16-20-10-4-2-5-11-20/h2-7,10-13,22-24H,8-9,14-18H2,1H3,(H,30,40)(H,31,37)(H,32,36)(H,33,39)(H,34,38)/t22-,23-,24-/m0/s1. The van der Waals surface area contributed by atoms with E-state index in [1.165, 1.54) is 0 Å². The van der Waals surface area contributed by atoms with Gasteiger partial charge in [-0.3, -0.25) is 24.0 Å². The molecule has 1 heterocycles. The topological polar surface area (TPSA) is 145 Å². The van der Waals surface area contributed by atoms with Crippen LogP contribution in [0.3, 0.4) is 0 Å². The number of unbranched alkanes of at least 4 members (excludes halogenated alkanes) is 1. The molecule has 0 radical (unpaired) electrons. The number of piperazine rings is 1. The molecule has 212 valence electrons. The van der Waals surface area contributed by atoms with Gasteiger partial charge in [0, 0.05) is 18.5 Å². The van der Waals surface area contributed by atoms with E-state index in [1.54, 1.807) is 37.3 Å². The molecule has 10 nitrogen and oxygen atoms in total. The summed E-state index contributed by atoms with van der Waals surface area (Å²) in [5.74, 6) is -2.17. The van der Waals surface area contributed by atoms with E-state index in [2.05, 4.69) is 26.6 Å². The van der Waals surface area contributed by atoms with Crippen molar-refractivity contribution in [2.45, 2.75) is 57.2 Å². The van der Waals surface area contributed by atoms with Crippen LogP contribution < -0.4 is 26.6 Å². The first-order chi connectivity index (χ1) is 19.2. The average molecular weight is 566 g/mol. The smallest absolute Gasteiger partial charge is 0.243 e. The summed E-state index contributed by atoms with van der Waals surface area (Å²) in [5, 5.41) is 13.6. The number of carbonyl (C=O) groups excluding carboxylic acids is 5. The van der Waals surface area contributed by atoms with Gasteiger partial charge in [0.05, 0.1) is 18.0 Å². The Kier molecular flexibility index (Phi) is 11.8. The fraction of sp³-hybridized carbons (Fsp3) is 0.379. The molecule has 2 aromatic carbocycles. The molecule has 3 atom stereocenters. The minimum Gasteiger partial charge on any atom is -0.380 e. The van der Waals surface area contributed by atoms with Gasteiger partial charge < -0.3 is 26.6 Å². The van der Waals surface area contributed by atoms with Crippen LogP contribution in [0.25, 0.3) is 0 Å². The zero-order valence-corrected chi connectivity index (χ0v) is 23.2. The molecule has 40 heavy (non-hydrogen) atoms. The van der Waals surface area contributed by atoms with Gasteiger partial charge in [0.25, 0.3) is 0 Å². The molecule has 0 saturated carbocycles. The van der Waals surface area contributed by atoms with Crippen molar-refractivity contribution in [2.75, 3.05) is 13.1 Å². The van der Waals surface area contributed by atoms with Crippen LogP contribution in [0.2, 0.25) is 0 Å². The third-order valence-electron chi connectivity index (χ3n) is 6.40. The molecule has 0 bridgehead atoms. The van der Waals surface area contributed by atoms with Crippen LogP contribution >= 0.6 is 12.2 Å². The molecule has 1 saturated heterocycles. The summed E-state index contributed by atoms with van der Waals surface area (Å²) in [6.45, 7) is 2.19. The Bertz CT molecular complexity index is 1210. The molecule has 1 aliphatic heterocycles. The highest BCUT2D eigenvalue weighted by atomic mass is 32.1. The van der Waals surface area contributed by atoms with Gasteiger partial charge in [0.1, 0.15) is 18.1 Å². The highest BCUT2D eigenvalue weighted by Gasteiger charge is 2.35. The largest absolute Gasteiger partial charge is 0.380 e. The fourth-order valence-electron chi connectivity index (χ4n) is 4.28. The Labute approximate surface area is 239 Å². The van der Waals surface area contributed by atoms with Gasteiger partial charge in [-0.05, 0) is 31.7 Å². The van der Waals surface area contributed by atoms with E-state index in [9.17, 15) is 24.0 Å². The first-order valence-electron chi connectivity index (χ1n) is 13.3. The van der Waals surface area contributed by atoms with Crippen molar-refractivity contribution >= 4 is 46.6 Å². The van der Waals surface area contributed by atoms with E-state index in [0.29, 0.717) is 42.8 Å². The number of rotatable bonds is 14. The van der Waals surface area contributed by atoms with Gasteiger partial charge in [0.15, 0.2) is 5.78 Å². The second-order valence-corrected chi connectivity index (χ2v) is 10.2. The number of benzene rings is 2. The zero-order chi connectivity index (χ0) is 28.9. The van der Waals surface area contributed by atoms with E-state index in [0.717, 1.165) is 5.56 Å². The van der Waals surface area contributed by atoms with Crippen molar-refractivity contribution in [3.8, 4) is 0 Å². The molecule has 0 aliphatic carbocycles. The SMILES string of the molecule is CC(=S)NCCCC[C@H](NC(=O)C[C@@H]1NC(=O)[C@H](Cc2ccccc2)NC1=O)C(=O)NCC(=O)c1ccccc1. The number of amides is 4. The monoisotopic (exact) mass is 565 g/mol. The summed E-state index contributed by atoms with van der Waals surface area (Å²) in [7, 11) is 0. The third-order valence-corrected chi connectivity index (χ3v) is 6.55. The van der Waals surface area contributed by atoms with Gasteiger partial charge in [0.2, 0.25) is 23.6 Å². The van der Waals surface area contributed by atoms with E-state index < -0.39 is 35.8 Å². The fourth-order valence-corrected chi connectivity index (χ4v) is 4.38. The lowest BCUT2D eigenvalue weighted by Crippen LogP contribution is -2.63. The van der Waals surface area contributed by atoms with Gasteiger partial charge in [-0.1, -0.05) is 72.9 Å². The Hall–Kier alpha value is -4.12. The lowest BCUT2D eigenvalue weighted by molar-refractivity contribution is -0.138. The van der Waals surface area contributed by atoms with Gasteiger partial charge in [-0.25, -0.2) is 0 Å². The summed E-state index contributed by atoms with van der Waals surface area (Å²) in [6, 6.07) is 15.2. The van der Waals surface area contributed by atoms with E-state index in [-0.39, 0.29) is 24.7 Å². The maximum absolute atomic E-state index is 12.9. The Morgan fingerprint density at radius 1 is 0.875 bits per heavy atom. The van der Waals surface area contributed by atoms with Gasteiger partial charge in [-0.2, -0.15) is 0 Å². The van der Waals surface area contributed by atoms with E-state index in [1.807, 2.05) is 30.3 Å². The van der Waals surface area contributed by atoms with Gasteiger partial charge in [-0.15, -0.1) is 0 Å². The summed E-state index contributed by atoms with van der Waals surface area (Å²) >= 11 is 5.00. The molecular weight excluding hydrogens is 530 g/mol. The molecule has 2 aromatic rings. The normalized spacial score (nSPS) is 17.1. The zero-order valence-electron chi connectivity index (χ0n) is 22.4. The molecular formula is C29H35N5O5S. The summed E-state index contributed by atoms with van der Waals surface area (Å²) < 4.78 is 0. The van der Waals surface area contributed by atoms with Crippen molar-refractivity contribution in [1.82, 2.24) is 26.6 Å². The highest BCUT2D eigenvalue weighted by Crippen LogP contribution is 2.09. The second kappa shape index (κ2) is 15.5. The molecule has 1 fully saturated rings. The average Bonchev–Trinajstić information content (AvgIpc) is 2.94. The van der Waals surface area contributed by atoms with Crippen molar-refractivity contribution in [1.29, 1.82) is 0 Å². The number of thiocarbonyl (C=S) groups is 1. The lowest BCUT2D eigenvalue weighted by atomic mass is 10.0. The Morgan fingerprint density at radius 3 is 2.17 bits per heavy atom. The minimum absolute atomic E-state index is 0.217. The summed E-state index contributed by atoms with van der Waals surface area (Å²) in [4.78, 5) is 64.2. The van der Waals surface area contributed by atoms with Crippen molar-refractivity contribution < 1.29 is 24.0 Å². The van der Waals surface area contributed by atoms with Crippen molar-refractivity contribution in [2.24, 2.45) is 0 Å². The van der Waals surface area contributed by atoms with Gasteiger partial charge >= 0.3 is 0 Å². The third kappa shape index (κ3) is 9.88. The number of hydrogen-bond acceptors (Lipinski definition) is 6. The minimum atomic E-state index is -1.06. The van der Waals surface area contributed by atoms with E-state index in [4.69, 9.17) is 12.2 Å². The van der Waals surface area contributed by atoms with Crippen molar-refractivity contribution in [3.63, 3.8) is 0 Å². The maximum Gasteiger partial charge on any atom is 0.243 e. The van der Waals surface area contributed by atoms with E-state index >= 15 is 0 Å². The highest BCUT2D eigenvalue weighted by molar-refractivity contribution is 7.80. The summed E-state index contributed by atoms with van der Waals surface area (Å²) in [5.41, 5.74) is 1.37. The molecule has 5 N–H and O–H groups in total. The van der Waals surface area contributed by atoms with Crippen LogP contribution in [0.1, 0.15) is 48.5 Å². The predicted molar refractivity (Wildman–Crippen MR) is 154 cm³/mol. The Balaban J connectivity index is 1.54. The first kappa shape index (κ1) is 30.4.